The van der Waals surface area contributed by atoms with Gasteiger partial charge in [-0.3, -0.25) is 4.79 Å². The molecule has 0 aliphatic heterocycles. The molecule has 0 unspecified atom stereocenters. The summed E-state index contributed by atoms with van der Waals surface area (Å²) in [6.07, 6.45) is 0.821. The number of aryl methyl sites for hydroxylation is 1. The van der Waals surface area contributed by atoms with Gasteiger partial charge in [-0.05, 0) is 23.4 Å². The van der Waals surface area contributed by atoms with Crippen molar-refractivity contribution in [2.45, 2.75) is 13.3 Å². The Balaban J connectivity index is 2.28. The molecule has 0 saturated heterocycles. The van der Waals surface area contributed by atoms with Gasteiger partial charge < -0.3 is 15.2 Å². The van der Waals surface area contributed by atoms with E-state index in [2.05, 4.69) is 5.32 Å². The van der Waals surface area contributed by atoms with E-state index < -0.39 is 5.97 Å². The van der Waals surface area contributed by atoms with Gasteiger partial charge in [0, 0.05) is 6.54 Å². The summed E-state index contributed by atoms with van der Waals surface area (Å²) in [6, 6.07) is 1.93. The molecule has 6 heteroatoms. The summed E-state index contributed by atoms with van der Waals surface area (Å²) >= 11 is 1.40. The number of carboxylic acid groups (broad SMARTS) is 1. The summed E-state index contributed by atoms with van der Waals surface area (Å²) in [5.41, 5.74) is 1.03. The topological polar surface area (TPSA) is 75.6 Å². The van der Waals surface area contributed by atoms with Crippen LogP contribution in [0.1, 0.15) is 22.2 Å². The number of hydrogen-bond donors (Lipinski definition) is 2. The molecule has 0 radical (unpaired) electrons. The molecule has 0 aliphatic rings. The average Bonchev–Trinajstić information content (AvgIpc) is 2.75. The number of aliphatic carboxylic acids is 1. The minimum Gasteiger partial charge on any atom is -0.480 e. The van der Waals surface area contributed by atoms with Crippen LogP contribution in [0.2, 0.25) is 0 Å². The van der Waals surface area contributed by atoms with Gasteiger partial charge in [0.25, 0.3) is 5.91 Å². The van der Waals surface area contributed by atoms with Crippen LogP contribution in [0.3, 0.4) is 0 Å². The third-order valence-corrected chi connectivity index (χ3v) is 3.05. The van der Waals surface area contributed by atoms with Crippen molar-refractivity contribution in [3.63, 3.8) is 0 Å². The molecule has 1 amide bonds. The zero-order chi connectivity index (χ0) is 12.7. The molecule has 0 aromatic carbocycles. The molecule has 0 saturated carbocycles. The number of carbonyl (C=O) groups is 2. The molecular formula is C11H15NO4S. The van der Waals surface area contributed by atoms with Crippen molar-refractivity contribution >= 4 is 23.2 Å². The van der Waals surface area contributed by atoms with E-state index in [4.69, 9.17) is 9.84 Å². The van der Waals surface area contributed by atoms with E-state index in [1.807, 2.05) is 18.4 Å². The van der Waals surface area contributed by atoms with Gasteiger partial charge in [0.1, 0.15) is 6.61 Å². The Morgan fingerprint density at radius 1 is 1.53 bits per heavy atom. The number of carboxylic acids is 1. The lowest BCUT2D eigenvalue weighted by Gasteiger charge is -2.05. The Kier molecular flexibility index (Phi) is 5.65. The van der Waals surface area contributed by atoms with Crippen LogP contribution >= 0.6 is 11.3 Å². The number of rotatable bonds is 7. The summed E-state index contributed by atoms with van der Waals surface area (Å²) in [4.78, 5) is 22.6. The Bertz CT molecular complexity index is 389. The number of carbonyl (C=O) groups excluding carboxylic acids is 1. The van der Waals surface area contributed by atoms with Crippen LogP contribution in [0.25, 0.3) is 0 Å². The Morgan fingerprint density at radius 3 is 2.94 bits per heavy atom. The first kappa shape index (κ1) is 13.7. The summed E-state index contributed by atoms with van der Waals surface area (Å²) < 4.78 is 4.81. The molecule has 1 rings (SSSR count). The monoisotopic (exact) mass is 257 g/mol. The summed E-state index contributed by atoms with van der Waals surface area (Å²) in [5.74, 6) is -1.14. The largest absolute Gasteiger partial charge is 0.480 e. The van der Waals surface area contributed by atoms with Crippen LogP contribution < -0.4 is 5.32 Å². The lowest BCUT2D eigenvalue weighted by molar-refractivity contribution is -0.142. The maximum atomic E-state index is 11.7. The van der Waals surface area contributed by atoms with Crippen LogP contribution in [-0.2, 0) is 16.0 Å². The van der Waals surface area contributed by atoms with E-state index in [-0.39, 0.29) is 19.1 Å². The highest BCUT2D eigenvalue weighted by Crippen LogP contribution is 2.16. The molecular weight excluding hydrogens is 242 g/mol. The normalized spacial score (nSPS) is 10.2. The number of ether oxygens (including phenoxy) is 1. The standard InChI is InChI=1S/C11H15NO4S/c1-2-8-3-6-17-10(8)11(15)12-4-5-16-7-9(13)14/h3,6H,2,4-5,7H2,1H3,(H,12,15)(H,13,14). The fraction of sp³-hybridized carbons (Fsp3) is 0.455. The van der Waals surface area contributed by atoms with Gasteiger partial charge in [0.15, 0.2) is 0 Å². The Labute approximate surface area is 103 Å². The molecule has 0 fully saturated rings. The molecule has 1 aromatic rings. The SMILES string of the molecule is CCc1ccsc1C(=O)NCCOCC(=O)O. The van der Waals surface area contributed by atoms with Crippen LogP contribution in [-0.4, -0.2) is 36.7 Å². The first-order valence-corrected chi connectivity index (χ1v) is 6.17. The van der Waals surface area contributed by atoms with Crippen molar-refractivity contribution in [1.82, 2.24) is 5.32 Å². The lowest BCUT2D eigenvalue weighted by atomic mass is 10.2. The van der Waals surface area contributed by atoms with E-state index in [0.29, 0.717) is 11.4 Å². The summed E-state index contributed by atoms with van der Waals surface area (Å²) in [6.45, 7) is 2.17. The van der Waals surface area contributed by atoms with E-state index >= 15 is 0 Å². The zero-order valence-electron chi connectivity index (χ0n) is 9.56. The van der Waals surface area contributed by atoms with Crippen molar-refractivity contribution in [2.24, 2.45) is 0 Å². The van der Waals surface area contributed by atoms with Gasteiger partial charge in [0.2, 0.25) is 0 Å². The van der Waals surface area contributed by atoms with Gasteiger partial charge in [-0.15, -0.1) is 11.3 Å². The van der Waals surface area contributed by atoms with E-state index in [1.165, 1.54) is 11.3 Å². The highest BCUT2D eigenvalue weighted by atomic mass is 32.1. The van der Waals surface area contributed by atoms with E-state index in [0.717, 1.165) is 12.0 Å². The first-order chi connectivity index (χ1) is 8.15. The van der Waals surface area contributed by atoms with Crippen molar-refractivity contribution in [1.29, 1.82) is 0 Å². The second kappa shape index (κ2) is 7.03. The zero-order valence-corrected chi connectivity index (χ0v) is 10.4. The Morgan fingerprint density at radius 2 is 2.29 bits per heavy atom. The molecule has 94 valence electrons. The van der Waals surface area contributed by atoms with Gasteiger partial charge in [-0.2, -0.15) is 0 Å². The molecule has 0 spiro atoms. The smallest absolute Gasteiger partial charge is 0.329 e. The molecule has 1 heterocycles. The molecule has 0 aliphatic carbocycles. The molecule has 0 atom stereocenters. The molecule has 17 heavy (non-hydrogen) atoms. The molecule has 1 aromatic heterocycles. The summed E-state index contributed by atoms with van der Waals surface area (Å²) in [7, 11) is 0. The number of thiophene rings is 1. The minimum absolute atomic E-state index is 0.129. The maximum absolute atomic E-state index is 11.7. The Hall–Kier alpha value is -1.40. The van der Waals surface area contributed by atoms with Crippen molar-refractivity contribution in [3.8, 4) is 0 Å². The van der Waals surface area contributed by atoms with Crippen molar-refractivity contribution in [2.75, 3.05) is 19.8 Å². The predicted octanol–water partition coefficient (Wildman–Crippen LogP) is 1.14. The fourth-order valence-electron chi connectivity index (χ4n) is 1.29. The third kappa shape index (κ3) is 4.54. The van der Waals surface area contributed by atoms with Gasteiger partial charge in [-0.25, -0.2) is 4.79 Å². The first-order valence-electron chi connectivity index (χ1n) is 5.29. The van der Waals surface area contributed by atoms with Crippen LogP contribution in [0.5, 0.6) is 0 Å². The van der Waals surface area contributed by atoms with E-state index in [1.54, 1.807) is 0 Å². The minimum atomic E-state index is -1.01. The molecule has 5 nitrogen and oxygen atoms in total. The van der Waals surface area contributed by atoms with Gasteiger partial charge in [-0.1, -0.05) is 6.92 Å². The van der Waals surface area contributed by atoms with Crippen LogP contribution in [0.15, 0.2) is 11.4 Å². The predicted molar refractivity (Wildman–Crippen MR) is 64.5 cm³/mol. The van der Waals surface area contributed by atoms with E-state index in [9.17, 15) is 9.59 Å². The second-order valence-corrected chi connectivity index (χ2v) is 4.25. The number of hydrogen-bond acceptors (Lipinski definition) is 4. The lowest BCUT2D eigenvalue weighted by Crippen LogP contribution is -2.27. The average molecular weight is 257 g/mol. The van der Waals surface area contributed by atoms with Crippen molar-refractivity contribution in [3.05, 3.63) is 21.9 Å². The third-order valence-electron chi connectivity index (χ3n) is 2.09. The van der Waals surface area contributed by atoms with Gasteiger partial charge >= 0.3 is 5.97 Å². The fourth-order valence-corrected chi connectivity index (χ4v) is 2.20. The highest BCUT2D eigenvalue weighted by Gasteiger charge is 2.10. The van der Waals surface area contributed by atoms with Crippen LogP contribution in [0.4, 0.5) is 0 Å². The number of nitrogens with one attached hydrogen (secondary N) is 1. The summed E-state index contributed by atoms with van der Waals surface area (Å²) in [5, 5.41) is 12.9. The molecule has 2 N–H and O–H groups in total. The maximum Gasteiger partial charge on any atom is 0.329 e. The second-order valence-electron chi connectivity index (χ2n) is 3.33. The quantitative estimate of drug-likeness (QED) is 0.718. The molecule has 0 bridgehead atoms. The highest BCUT2D eigenvalue weighted by molar-refractivity contribution is 7.12. The van der Waals surface area contributed by atoms with Gasteiger partial charge in [0.05, 0.1) is 11.5 Å². The number of amides is 1. The van der Waals surface area contributed by atoms with Crippen molar-refractivity contribution < 1.29 is 19.4 Å². The van der Waals surface area contributed by atoms with Crippen LogP contribution in [0, 0.1) is 0 Å².